The van der Waals surface area contributed by atoms with Crippen LogP contribution in [0.4, 0.5) is 0 Å². The summed E-state index contributed by atoms with van der Waals surface area (Å²) < 4.78 is 0. The third kappa shape index (κ3) is 4.15. The van der Waals surface area contributed by atoms with Gasteiger partial charge in [0.15, 0.2) is 0 Å². The van der Waals surface area contributed by atoms with Gasteiger partial charge in [0, 0.05) is 12.4 Å². The van der Waals surface area contributed by atoms with Crippen LogP contribution in [0, 0.1) is 5.92 Å². The van der Waals surface area contributed by atoms with Crippen LogP contribution in [0.25, 0.3) is 0 Å². The van der Waals surface area contributed by atoms with Crippen LogP contribution in [0.15, 0.2) is 11.6 Å². The summed E-state index contributed by atoms with van der Waals surface area (Å²) >= 11 is 5.83. The van der Waals surface area contributed by atoms with Crippen molar-refractivity contribution in [1.29, 1.82) is 0 Å². The van der Waals surface area contributed by atoms with Crippen LogP contribution in [0.5, 0.6) is 0 Å². The van der Waals surface area contributed by atoms with Crippen LogP contribution < -0.4 is 0 Å². The average Bonchev–Trinajstić information content (AvgIpc) is 2.15. The number of nitrogens with zero attached hydrogens (tertiary/aromatic N) is 1. The Bertz CT molecular complexity index is 165. The lowest BCUT2D eigenvalue weighted by atomic mass is 9.99. The first kappa shape index (κ1) is 11.1. The monoisotopic (exact) mass is 201 g/mol. The highest BCUT2D eigenvalue weighted by Gasteiger charge is 2.16. The second-order valence-electron chi connectivity index (χ2n) is 4.18. The van der Waals surface area contributed by atoms with E-state index in [9.17, 15) is 0 Å². The highest BCUT2D eigenvalue weighted by Crippen LogP contribution is 2.17. The van der Waals surface area contributed by atoms with Gasteiger partial charge in [0.05, 0.1) is 0 Å². The molecule has 0 N–H and O–H groups in total. The van der Waals surface area contributed by atoms with E-state index >= 15 is 0 Å². The number of alkyl halides is 1. The maximum atomic E-state index is 5.83. The van der Waals surface area contributed by atoms with E-state index in [0.717, 1.165) is 18.3 Å². The summed E-state index contributed by atoms with van der Waals surface area (Å²) in [5, 5.41) is 0. The minimum absolute atomic E-state index is 0.768. The molecule has 1 fully saturated rings. The summed E-state index contributed by atoms with van der Waals surface area (Å²) in [5.41, 5.74) is 1.42. The highest BCUT2D eigenvalue weighted by atomic mass is 35.5. The summed E-state index contributed by atoms with van der Waals surface area (Å²) in [6.45, 7) is 7.89. The zero-order chi connectivity index (χ0) is 9.68. The lowest BCUT2D eigenvalue weighted by Crippen LogP contribution is -2.34. The van der Waals surface area contributed by atoms with Crippen molar-refractivity contribution in [3.8, 4) is 0 Å². The van der Waals surface area contributed by atoms with Gasteiger partial charge in [0.1, 0.15) is 0 Å². The van der Waals surface area contributed by atoms with E-state index in [4.69, 9.17) is 11.6 Å². The summed E-state index contributed by atoms with van der Waals surface area (Å²) in [4.78, 5) is 2.51. The van der Waals surface area contributed by atoms with Gasteiger partial charge in [-0.1, -0.05) is 11.6 Å². The van der Waals surface area contributed by atoms with Gasteiger partial charge < -0.3 is 0 Å². The predicted molar refractivity (Wildman–Crippen MR) is 59.3 cm³/mol. The molecular weight excluding hydrogens is 182 g/mol. The second-order valence-corrected chi connectivity index (χ2v) is 4.49. The Kier molecular flexibility index (Phi) is 4.82. The van der Waals surface area contributed by atoms with Crippen LogP contribution in [-0.4, -0.2) is 30.4 Å². The average molecular weight is 202 g/mol. The van der Waals surface area contributed by atoms with Gasteiger partial charge in [-0.05, 0) is 45.7 Å². The van der Waals surface area contributed by atoms with Gasteiger partial charge in [0.2, 0.25) is 0 Å². The topological polar surface area (TPSA) is 3.24 Å². The fraction of sp³-hybridized carbons (Fsp3) is 0.818. The minimum Gasteiger partial charge on any atom is -0.300 e. The van der Waals surface area contributed by atoms with E-state index in [1.54, 1.807) is 0 Å². The molecule has 0 saturated carbocycles. The number of halogens is 1. The molecule has 0 aromatic carbocycles. The van der Waals surface area contributed by atoms with E-state index in [1.165, 1.54) is 31.5 Å². The first-order valence-corrected chi connectivity index (χ1v) is 5.67. The van der Waals surface area contributed by atoms with E-state index < -0.39 is 0 Å². The van der Waals surface area contributed by atoms with Crippen molar-refractivity contribution in [2.24, 2.45) is 5.92 Å². The highest BCUT2D eigenvalue weighted by molar-refractivity contribution is 6.18. The maximum absolute atomic E-state index is 5.83. The molecule has 0 aromatic rings. The van der Waals surface area contributed by atoms with Crippen molar-refractivity contribution in [3.63, 3.8) is 0 Å². The Hall–Kier alpha value is -0.0100. The molecule has 1 saturated heterocycles. The molecule has 2 heteroatoms. The van der Waals surface area contributed by atoms with Crippen molar-refractivity contribution >= 4 is 11.6 Å². The molecule has 0 aromatic heterocycles. The summed E-state index contributed by atoms with van der Waals surface area (Å²) in [7, 11) is 0. The minimum atomic E-state index is 0.768. The molecule has 1 aliphatic heterocycles. The van der Waals surface area contributed by atoms with Gasteiger partial charge in [-0.15, -0.1) is 11.6 Å². The number of hydrogen-bond acceptors (Lipinski definition) is 1. The third-order valence-electron chi connectivity index (χ3n) is 2.68. The fourth-order valence-electron chi connectivity index (χ4n) is 1.63. The fourth-order valence-corrected chi connectivity index (χ4v) is 1.94. The Balaban J connectivity index is 2.21. The number of allylic oxidation sites excluding steroid dienone is 1. The van der Waals surface area contributed by atoms with Crippen molar-refractivity contribution in [2.45, 2.75) is 26.7 Å². The molecule has 0 unspecified atom stereocenters. The lowest BCUT2D eigenvalue weighted by molar-refractivity contribution is 0.211. The van der Waals surface area contributed by atoms with Crippen LogP contribution in [0.1, 0.15) is 26.7 Å². The third-order valence-corrected chi connectivity index (χ3v) is 3.12. The molecule has 13 heavy (non-hydrogen) atoms. The molecule has 0 aliphatic carbocycles. The molecule has 76 valence electrons. The molecule has 0 amide bonds. The molecular formula is C11H20ClN. The quantitative estimate of drug-likeness (QED) is 0.502. The van der Waals surface area contributed by atoms with E-state index in [2.05, 4.69) is 24.8 Å². The van der Waals surface area contributed by atoms with Crippen molar-refractivity contribution in [1.82, 2.24) is 4.90 Å². The molecule has 0 atom stereocenters. The van der Waals surface area contributed by atoms with E-state index in [1.807, 2.05) is 0 Å². The second kappa shape index (κ2) is 5.66. The van der Waals surface area contributed by atoms with Gasteiger partial charge >= 0.3 is 0 Å². The Labute approximate surface area is 86.8 Å². The number of hydrogen-bond donors (Lipinski definition) is 0. The first-order chi connectivity index (χ1) is 6.22. The number of rotatable bonds is 3. The molecule has 0 radical (unpaired) electrons. The molecule has 0 bridgehead atoms. The van der Waals surface area contributed by atoms with Crippen LogP contribution in [0.3, 0.4) is 0 Å². The zero-order valence-corrected chi connectivity index (χ0v) is 9.48. The molecule has 1 rings (SSSR count). The van der Waals surface area contributed by atoms with Gasteiger partial charge in [-0.25, -0.2) is 0 Å². The Morgan fingerprint density at radius 3 is 2.46 bits per heavy atom. The predicted octanol–water partition coefficient (Wildman–Crippen LogP) is 2.90. The zero-order valence-electron chi connectivity index (χ0n) is 8.72. The maximum Gasteiger partial charge on any atom is 0.0252 e. The first-order valence-electron chi connectivity index (χ1n) is 5.14. The van der Waals surface area contributed by atoms with Crippen LogP contribution in [0.2, 0.25) is 0 Å². The number of likely N-dealkylation sites (tertiary alicyclic amines) is 1. The Morgan fingerprint density at radius 2 is 2.00 bits per heavy atom. The molecule has 1 nitrogen and oxygen atoms in total. The van der Waals surface area contributed by atoms with Crippen molar-refractivity contribution < 1.29 is 0 Å². The Morgan fingerprint density at radius 1 is 1.38 bits per heavy atom. The molecule has 1 aliphatic rings. The number of piperidine rings is 1. The molecule has 0 spiro atoms. The van der Waals surface area contributed by atoms with Crippen LogP contribution in [-0.2, 0) is 0 Å². The van der Waals surface area contributed by atoms with Crippen LogP contribution >= 0.6 is 11.6 Å². The van der Waals surface area contributed by atoms with Gasteiger partial charge in [-0.3, -0.25) is 4.90 Å². The van der Waals surface area contributed by atoms with Crippen molar-refractivity contribution in [3.05, 3.63) is 11.6 Å². The van der Waals surface area contributed by atoms with E-state index in [-0.39, 0.29) is 0 Å². The summed E-state index contributed by atoms with van der Waals surface area (Å²) in [6.07, 6.45) is 4.86. The van der Waals surface area contributed by atoms with E-state index in [0.29, 0.717) is 0 Å². The standard InChI is InChI=1S/C11H20ClN/c1-10(2)3-6-13-7-4-11(9-12)5-8-13/h3,11H,4-9H2,1-2H3. The van der Waals surface area contributed by atoms with Gasteiger partial charge in [-0.2, -0.15) is 0 Å². The van der Waals surface area contributed by atoms with Gasteiger partial charge in [0.25, 0.3) is 0 Å². The van der Waals surface area contributed by atoms with Crippen molar-refractivity contribution in [2.75, 3.05) is 25.5 Å². The molecule has 1 heterocycles. The summed E-state index contributed by atoms with van der Waals surface area (Å²) in [5.74, 6) is 1.61. The summed E-state index contributed by atoms with van der Waals surface area (Å²) in [6, 6.07) is 0. The normalized spacial score (nSPS) is 20.2. The SMILES string of the molecule is CC(C)=CCN1CCC(CCl)CC1. The largest absolute Gasteiger partial charge is 0.300 e. The lowest BCUT2D eigenvalue weighted by Gasteiger charge is -2.30. The smallest absolute Gasteiger partial charge is 0.0252 e.